The van der Waals surface area contributed by atoms with Gasteiger partial charge in [-0.2, -0.15) is 0 Å². The molecule has 120 valence electrons. The molecule has 6 heteroatoms. The second-order valence-corrected chi connectivity index (χ2v) is 5.18. The van der Waals surface area contributed by atoms with Gasteiger partial charge >= 0.3 is 0 Å². The second-order valence-electron chi connectivity index (χ2n) is 5.18. The third kappa shape index (κ3) is 4.13. The van der Waals surface area contributed by atoms with Crippen molar-refractivity contribution in [1.29, 1.82) is 0 Å². The first-order valence-corrected chi connectivity index (χ1v) is 7.49. The van der Waals surface area contributed by atoms with Crippen LogP contribution in [0.15, 0.2) is 54.6 Å². The van der Waals surface area contributed by atoms with Gasteiger partial charge in [-0.3, -0.25) is 0 Å². The lowest BCUT2D eigenvalue weighted by molar-refractivity contribution is -0.0647. The van der Waals surface area contributed by atoms with Crippen LogP contribution in [0.3, 0.4) is 0 Å². The van der Waals surface area contributed by atoms with Crippen molar-refractivity contribution >= 4 is 11.0 Å². The minimum absolute atomic E-state index is 0.0923. The molecule has 1 unspecified atom stereocenters. The summed E-state index contributed by atoms with van der Waals surface area (Å²) in [4.78, 5) is 0. The van der Waals surface area contributed by atoms with Gasteiger partial charge in [-0.1, -0.05) is 47.7 Å². The van der Waals surface area contributed by atoms with Gasteiger partial charge in [0.2, 0.25) is 0 Å². The minimum atomic E-state index is -0.370. The summed E-state index contributed by atoms with van der Waals surface area (Å²) in [6.45, 7) is 0.913. The van der Waals surface area contributed by atoms with E-state index in [1.54, 1.807) is 4.68 Å². The van der Waals surface area contributed by atoms with Gasteiger partial charge in [0.25, 0.3) is 0 Å². The molecule has 23 heavy (non-hydrogen) atoms. The predicted molar refractivity (Wildman–Crippen MR) is 85.6 cm³/mol. The Morgan fingerprint density at radius 1 is 1.04 bits per heavy atom. The van der Waals surface area contributed by atoms with Gasteiger partial charge in [-0.15, -0.1) is 5.10 Å². The summed E-state index contributed by atoms with van der Waals surface area (Å²) in [6.07, 6.45) is -0.370. The first-order chi connectivity index (χ1) is 11.4. The number of aliphatic hydroxyl groups excluding tert-OH is 1. The Kier molecular flexibility index (Phi) is 5.31. The molecule has 0 saturated heterocycles. The first kappa shape index (κ1) is 15.6. The average molecular weight is 313 g/mol. The van der Waals surface area contributed by atoms with E-state index in [4.69, 9.17) is 9.47 Å². The molecule has 3 aromatic rings. The summed E-state index contributed by atoms with van der Waals surface area (Å²) in [7, 11) is 0. The van der Waals surface area contributed by atoms with Gasteiger partial charge in [-0.05, 0) is 17.7 Å². The van der Waals surface area contributed by atoms with Gasteiger partial charge in [0.05, 0.1) is 25.3 Å². The summed E-state index contributed by atoms with van der Waals surface area (Å²) in [5, 5.41) is 17.5. The van der Waals surface area contributed by atoms with Crippen molar-refractivity contribution in [2.45, 2.75) is 19.4 Å². The first-order valence-electron chi connectivity index (χ1n) is 7.49. The molecular formula is C17H19N3O3. The number of hydrogen-bond donors (Lipinski definition) is 1. The van der Waals surface area contributed by atoms with Crippen LogP contribution in [0.2, 0.25) is 0 Å². The third-order valence-corrected chi connectivity index (χ3v) is 3.47. The fourth-order valence-corrected chi connectivity index (χ4v) is 2.23. The Morgan fingerprint density at radius 2 is 1.83 bits per heavy atom. The number of fused-ring (bicyclic) bond motifs is 1. The zero-order valence-corrected chi connectivity index (χ0v) is 12.7. The summed E-state index contributed by atoms with van der Waals surface area (Å²) >= 11 is 0. The Hall–Kier alpha value is -2.28. The fraction of sp³-hybridized carbons (Fsp3) is 0.294. The number of benzene rings is 2. The van der Waals surface area contributed by atoms with E-state index in [9.17, 15) is 5.11 Å². The van der Waals surface area contributed by atoms with Gasteiger partial charge in [-0.25, -0.2) is 4.68 Å². The molecule has 0 aliphatic rings. The van der Waals surface area contributed by atoms with Crippen LogP contribution in [0, 0.1) is 0 Å². The van der Waals surface area contributed by atoms with E-state index in [0.717, 1.165) is 16.6 Å². The Morgan fingerprint density at radius 3 is 2.65 bits per heavy atom. The van der Waals surface area contributed by atoms with Gasteiger partial charge in [0, 0.05) is 0 Å². The summed E-state index contributed by atoms with van der Waals surface area (Å²) in [6, 6.07) is 17.5. The zero-order valence-electron chi connectivity index (χ0n) is 12.7. The van der Waals surface area contributed by atoms with Crippen LogP contribution < -0.4 is 0 Å². The highest BCUT2D eigenvalue weighted by Crippen LogP contribution is 2.10. The monoisotopic (exact) mass is 313 g/mol. The maximum Gasteiger partial charge on any atom is 0.141 e. The number of ether oxygens (including phenoxy) is 2. The zero-order chi connectivity index (χ0) is 15.9. The number of aromatic nitrogens is 3. The molecule has 2 aromatic carbocycles. The number of hydrogen-bond acceptors (Lipinski definition) is 5. The molecule has 0 amide bonds. The van der Waals surface area contributed by atoms with Crippen LogP contribution in [-0.2, 0) is 22.8 Å². The van der Waals surface area contributed by atoms with Gasteiger partial charge in [0.15, 0.2) is 0 Å². The molecule has 1 aromatic heterocycles. The highest BCUT2D eigenvalue weighted by Gasteiger charge is 2.09. The lowest BCUT2D eigenvalue weighted by Crippen LogP contribution is -2.24. The van der Waals surface area contributed by atoms with E-state index in [1.807, 2.05) is 54.6 Å². The van der Waals surface area contributed by atoms with Gasteiger partial charge < -0.3 is 14.6 Å². The molecule has 3 rings (SSSR count). The van der Waals surface area contributed by atoms with Crippen molar-refractivity contribution in [3.8, 4) is 0 Å². The van der Waals surface area contributed by atoms with Crippen LogP contribution in [0.1, 0.15) is 5.56 Å². The molecule has 6 nitrogen and oxygen atoms in total. The Labute approximate surface area is 134 Å². The van der Waals surface area contributed by atoms with E-state index >= 15 is 0 Å². The average Bonchev–Trinajstić information content (AvgIpc) is 3.02. The van der Waals surface area contributed by atoms with Crippen molar-refractivity contribution in [1.82, 2.24) is 15.0 Å². The second kappa shape index (κ2) is 7.82. The van der Waals surface area contributed by atoms with E-state index in [2.05, 4.69) is 10.3 Å². The molecular weight excluding hydrogens is 294 g/mol. The normalized spacial score (nSPS) is 12.6. The van der Waals surface area contributed by atoms with Crippen molar-refractivity contribution < 1.29 is 14.6 Å². The molecule has 0 spiro atoms. The molecule has 0 bridgehead atoms. The topological polar surface area (TPSA) is 69.4 Å². The summed E-state index contributed by atoms with van der Waals surface area (Å²) in [5.41, 5.74) is 2.81. The summed E-state index contributed by atoms with van der Waals surface area (Å²) in [5.74, 6) is 0. The predicted octanol–water partition coefficient (Wildman–Crippen LogP) is 1.98. The molecule has 1 atom stereocenters. The number of nitrogens with zero attached hydrogens (tertiary/aromatic N) is 3. The Balaban J connectivity index is 1.48. The summed E-state index contributed by atoms with van der Waals surface area (Å²) < 4.78 is 12.9. The van der Waals surface area contributed by atoms with E-state index < -0.39 is 0 Å². The van der Waals surface area contributed by atoms with Crippen molar-refractivity contribution in [2.75, 3.05) is 13.2 Å². The smallest absolute Gasteiger partial charge is 0.141 e. The van der Waals surface area contributed by atoms with E-state index in [-0.39, 0.29) is 26.0 Å². The van der Waals surface area contributed by atoms with Crippen LogP contribution in [0.5, 0.6) is 0 Å². The van der Waals surface area contributed by atoms with Crippen molar-refractivity contribution in [2.24, 2.45) is 0 Å². The van der Waals surface area contributed by atoms with Crippen molar-refractivity contribution in [3.63, 3.8) is 0 Å². The quantitative estimate of drug-likeness (QED) is 0.688. The third-order valence-electron chi connectivity index (χ3n) is 3.47. The molecule has 1 heterocycles. The lowest BCUT2D eigenvalue weighted by atomic mass is 10.2. The van der Waals surface area contributed by atoms with Crippen LogP contribution >= 0.6 is 0 Å². The van der Waals surface area contributed by atoms with E-state index in [1.165, 1.54) is 0 Å². The fourth-order valence-electron chi connectivity index (χ4n) is 2.23. The number of aliphatic hydroxyl groups is 1. The Bertz CT molecular complexity index is 730. The van der Waals surface area contributed by atoms with Crippen molar-refractivity contribution in [3.05, 3.63) is 60.2 Å². The molecule has 0 aliphatic heterocycles. The minimum Gasteiger partial charge on any atom is -0.394 e. The number of para-hydroxylation sites is 1. The van der Waals surface area contributed by atoms with Crippen LogP contribution in [-0.4, -0.2) is 39.4 Å². The maximum atomic E-state index is 9.39. The maximum absolute atomic E-state index is 9.39. The molecule has 0 saturated carbocycles. The highest BCUT2D eigenvalue weighted by molar-refractivity contribution is 5.73. The van der Waals surface area contributed by atoms with Crippen LogP contribution in [0.4, 0.5) is 0 Å². The lowest BCUT2D eigenvalue weighted by Gasteiger charge is -2.15. The van der Waals surface area contributed by atoms with Crippen LogP contribution in [0.25, 0.3) is 11.0 Å². The van der Waals surface area contributed by atoms with Gasteiger partial charge in [0.1, 0.15) is 18.4 Å². The molecule has 0 aliphatic carbocycles. The highest BCUT2D eigenvalue weighted by atomic mass is 16.5. The van der Waals surface area contributed by atoms with E-state index in [0.29, 0.717) is 6.61 Å². The molecule has 1 N–H and O–H groups in total. The number of rotatable bonds is 8. The SMILES string of the molecule is OCC(COCn1nnc2ccccc21)OCc1ccccc1. The largest absolute Gasteiger partial charge is 0.394 e. The molecule has 0 radical (unpaired) electrons. The molecule has 0 fully saturated rings. The standard InChI is InChI=1S/C17H19N3O3/c21-10-15(23-11-14-6-2-1-3-7-14)12-22-13-20-17-9-5-4-8-16(17)18-19-20/h1-9,15,21H,10-13H2.